The molecule has 0 saturated carbocycles. The predicted molar refractivity (Wildman–Crippen MR) is 124 cm³/mol. The number of aromatic nitrogens is 1. The Morgan fingerprint density at radius 2 is 1.77 bits per heavy atom. The van der Waals surface area contributed by atoms with E-state index < -0.39 is 0 Å². The third-order valence-electron chi connectivity index (χ3n) is 5.67. The number of ether oxygens (including phenoxy) is 2. The smallest absolute Gasteiger partial charge is 0.246 e. The summed E-state index contributed by atoms with van der Waals surface area (Å²) >= 11 is 0. The average molecular weight is 418 g/mol. The van der Waals surface area contributed by atoms with Crippen molar-refractivity contribution >= 4 is 28.7 Å². The van der Waals surface area contributed by atoms with Crippen LogP contribution in [-0.4, -0.2) is 56.2 Å². The largest absolute Gasteiger partial charge is 0.497 e. The number of anilines is 1. The lowest BCUT2D eigenvalue weighted by molar-refractivity contribution is -0.126. The monoisotopic (exact) mass is 417 g/mol. The van der Waals surface area contributed by atoms with E-state index in [1.165, 1.54) is 10.9 Å². The van der Waals surface area contributed by atoms with Gasteiger partial charge in [0.15, 0.2) is 0 Å². The van der Waals surface area contributed by atoms with Gasteiger partial charge in [0.2, 0.25) is 5.91 Å². The van der Waals surface area contributed by atoms with E-state index in [-0.39, 0.29) is 5.91 Å². The summed E-state index contributed by atoms with van der Waals surface area (Å²) in [4.78, 5) is 21.7. The molecule has 0 unspecified atom stereocenters. The molecule has 6 heteroatoms. The van der Waals surface area contributed by atoms with Crippen LogP contribution in [0.2, 0.25) is 0 Å². The first-order valence-corrected chi connectivity index (χ1v) is 10.4. The van der Waals surface area contributed by atoms with Crippen LogP contribution in [0.1, 0.15) is 11.1 Å². The van der Waals surface area contributed by atoms with Crippen molar-refractivity contribution in [2.24, 2.45) is 0 Å². The molecule has 2 heterocycles. The molecule has 2 aromatic carbocycles. The van der Waals surface area contributed by atoms with Crippen LogP contribution >= 0.6 is 0 Å². The van der Waals surface area contributed by atoms with Crippen LogP contribution in [0, 0.1) is 6.92 Å². The molecule has 3 aromatic rings. The number of carbonyl (C=O) groups is 1. The quantitative estimate of drug-likeness (QED) is 0.589. The maximum Gasteiger partial charge on any atom is 0.246 e. The van der Waals surface area contributed by atoms with Crippen molar-refractivity contribution < 1.29 is 14.3 Å². The minimum atomic E-state index is 0.000160. The lowest BCUT2D eigenvalue weighted by Crippen LogP contribution is -2.48. The summed E-state index contributed by atoms with van der Waals surface area (Å²) in [7, 11) is 3.22. The van der Waals surface area contributed by atoms with E-state index >= 15 is 0 Å². The number of hydrogen-bond acceptors (Lipinski definition) is 5. The summed E-state index contributed by atoms with van der Waals surface area (Å²) in [5.74, 6) is 2.36. The molecule has 1 saturated heterocycles. The average Bonchev–Trinajstić information content (AvgIpc) is 2.82. The summed E-state index contributed by atoms with van der Waals surface area (Å²) in [6.07, 6.45) is 3.40. The Labute approximate surface area is 182 Å². The number of fused-ring (bicyclic) bond motifs is 1. The van der Waals surface area contributed by atoms with E-state index in [4.69, 9.17) is 14.5 Å². The van der Waals surface area contributed by atoms with Gasteiger partial charge >= 0.3 is 0 Å². The Balaban J connectivity index is 1.41. The van der Waals surface area contributed by atoms with Gasteiger partial charge in [-0.25, -0.2) is 4.98 Å². The topological polar surface area (TPSA) is 54.9 Å². The number of rotatable bonds is 5. The van der Waals surface area contributed by atoms with Crippen LogP contribution in [0.3, 0.4) is 0 Å². The minimum Gasteiger partial charge on any atom is -0.497 e. The van der Waals surface area contributed by atoms with Gasteiger partial charge in [-0.2, -0.15) is 0 Å². The number of hydrogen-bond donors (Lipinski definition) is 0. The van der Waals surface area contributed by atoms with Crippen LogP contribution in [0.15, 0.2) is 54.6 Å². The van der Waals surface area contributed by atoms with Crippen molar-refractivity contribution in [1.29, 1.82) is 0 Å². The molecule has 0 spiro atoms. The Kier molecular flexibility index (Phi) is 6.07. The number of benzene rings is 2. The van der Waals surface area contributed by atoms with Crippen LogP contribution < -0.4 is 14.4 Å². The van der Waals surface area contributed by atoms with Gasteiger partial charge in [0, 0.05) is 49.3 Å². The summed E-state index contributed by atoms with van der Waals surface area (Å²) in [6.45, 7) is 4.96. The van der Waals surface area contributed by atoms with Crippen molar-refractivity contribution in [2.45, 2.75) is 6.92 Å². The molecule has 6 nitrogen and oxygen atoms in total. The first-order chi connectivity index (χ1) is 15.1. The Hall–Kier alpha value is -3.54. The van der Waals surface area contributed by atoms with Gasteiger partial charge < -0.3 is 19.3 Å². The molecule has 0 bridgehead atoms. The highest BCUT2D eigenvalue weighted by Crippen LogP contribution is 2.26. The van der Waals surface area contributed by atoms with Crippen LogP contribution in [-0.2, 0) is 4.79 Å². The molecule has 0 aliphatic carbocycles. The van der Waals surface area contributed by atoms with Crippen molar-refractivity contribution in [2.75, 3.05) is 45.3 Å². The van der Waals surface area contributed by atoms with Gasteiger partial charge in [0.25, 0.3) is 0 Å². The molecule has 0 atom stereocenters. The van der Waals surface area contributed by atoms with Gasteiger partial charge in [-0.05, 0) is 42.8 Å². The Bertz CT molecular complexity index is 1120. The SMILES string of the molecule is COc1ccc(/C=C/C(=O)N2CCN(c3cc(C)c4ccccc4n3)CC2)c(OC)c1. The lowest BCUT2D eigenvalue weighted by Gasteiger charge is -2.35. The Morgan fingerprint density at radius 1 is 1.00 bits per heavy atom. The fraction of sp³-hybridized carbons (Fsp3) is 0.280. The third-order valence-corrected chi connectivity index (χ3v) is 5.67. The zero-order valence-corrected chi connectivity index (χ0v) is 18.2. The number of para-hydroxylation sites is 1. The molecule has 1 fully saturated rings. The van der Waals surface area contributed by atoms with Crippen molar-refractivity contribution in [1.82, 2.24) is 9.88 Å². The van der Waals surface area contributed by atoms with Gasteiger partial charge in [-0.15, -0.1) is 0 Å². The minimum absolute atomic E-state index is 0.000160. The zero-order valence-electron chi connectivity index (χ0n) is 18.2. The highest BCUT2D eigenvalue weighted by atomic mass is 16.5. The van der Waals surface area contributed by atoms with Crippen LogP contribution in [0.4, 0.5) is 5.82 Å². The number of aryl methyl sites for hydroxylation is 1. The highest BCUT2D eigenvalue weighted by molar-refractivity contribution is 5.92. The molecule has 1 aromatic heterocycles. The molecular formula is C25H27N3O3. The molecule has 1 aliphatic heterocycles. The molecule has 1 aliphatic rings. The van der Waals surface area contributed by atoms with Crippen LogP contribution in [0.25, 0.3) is 17.0 Å². The second-order valence-corrected chi connectivity index (χ2v) is 7.57. The summed E-state index contributed by atoms with van der Waals surface area (Å²) in [5, 5.41) is 1.18. The maximum atomic E-state index is 12.7. The third kappa shape index (κ3) is 4.48. The lowest BCUT2D eigenvalue weighted by atomic mass is 10.1. The maximum absolute atomic E-state index is 12.7. The second kappa shape index (κ2) is 9.08. The number of nitrogens with zero attached hydrogens (tertiary/aromatic N) is 3. The number of amides is 1. The van der Waals surface area contributed by atoms with E-state index in [0.717, 1.165) is 30.0 Å². The number of piperazine rings is 1. The molecule has 1 amide bonds. The van der Waals surface area contributed by atoms with Crippen molar-refractivity contribution in [3.63, 3.8) is 0 Å². The fourth-order valence-electron chi connectivity index (χ4n) is 3.87. The highest BCUT2D eigenvalue weighted by Gasteiger charge is 2.21. The van der Waals surface area contributed by atoms with E-state index in [1.54, 1.807) is 26.4 Å². The van der Waals surface area contributed by atoms with Gasteiger partial charge in [-0.1, -0.05) is 18.2 Å². The molecule has 0 radical (unpaired) electrons. The van der Waals surface area contributed by atoms with E-state index in [9.17, 15) is 4.79 Å². The van der Waals surface area contributed by atoms with Crippen molar-refractivity contribution in [3.05, 3.63) is 65.7 Å². The van der Waals surface area contributed by atoms with E-state index in [2.05, 4.69) is 24.0 Å². The second-order valence-electron chi connectivity index (χ2n) is 7.57. The number of carbonyl (C=O) groups excluding carboxylic acids is 1. The molecule has 31 heavy (non-hydrogen) atoms. The normalized spacial score (nSPS) is 14.3. The zero-order chi connectivity index (χ0) is 21.8. The molecule has 4 rings (SSSR count). The molecular weight excluding hydrogens is 390 g/mol. The summed E-state index contributed by atoms with van der Waals surface area (Å²) in [6, 6.07) is 15.9. The van der Waals surface area contributed by atoms with Gasteiger partial charge in [0.1, 0.15) is 17.3 Å². The standard InChI is InChI=1S/C25H27N3O3/c1-18-16-24(26-22-7-5-4-6-21(18)22)27-12-14-28(15-13-27)25(29)11-9-19-8-10-20(30-2)17-23(19)31-3/h4-11,16-17H,12-15H2,1-3H3/b11-9+. The number of pyridine rings is 1. The fourth-order valence-corrected chi connectivity index (χ4v) is 3.87. The first-order valence-electron chi connectivity index (χ1n) is 10.4. The van der Waals surface area contributed by atoms with Gasteiger partial charge in [-0.3, -0.25) is 4.79 Å². The summed E-state index contributed by atoms with van der Waals surface area (Å²) in [5.41, 5.74) is 3.06. The summed E-state index contributed by atoms with van der Waals surface area (Å²) < 4.78 is 10.6. The number of methoxy groups -OCH3 is 2. The van der Waals surface area contributed by atoms with E-state index in [1.807, 2.05) is 41.3 Å². The van der Waals surface area contributed by atoms with Crippen LogP contribution in [0.5, 0.6) is 11.5 Å². The van der Waals surface area contributed by atoms with Gasteiger partial charge in [0.05, 0.1) is 19.7 Å². The molecule has 0 N–H and O–H groups in total. The molecule has 160 valence electrons. The Morgan fingerprint density at radius 3 is 2.52 bits per heavy atom. The first kappa shape index (κ1) is 20.7. The predicted octanol–water partition coefficient (Wildman–Crippen LogP) is 3.92. The van der Waals surface area contributed by atoms with E-state index in [0.29, 0.717) is 24.6 Å². The van der Waals surface area contributed by atoms with Crippen molar-refractivity contribution in [3.8, 4) is 11.5 Å².